The highest BCUT2D eigenvalue weighted by atomic mass is 14.8. The van der Waals surface area contributed by atoms with Gasteiger partial charge in [-0.25, -0.2) is 0 Å². The second-order valence-corrected chi connectivity index (χ2v) is 5.98. The predicted molar refractivity (Wildman–Crippen MR) is 87.0 cm³/mol. The van der Waals surface area contributed by atoms with Gasteiger partial charge < -0.3 is 0 Å². The van der Waals surface area contributed by atoms with E-state index in [-0.39, 0.29) is 0 Å². The fourth-order valence-electron chi connectivity index (χ4n) is 2.75. The smallest absolute Gasteiger partial charge is 0.0620 e. The van der Waals surface area contributed by atoms with Crippen LogP contribution in [-0.2, 0) is 0 Å². The molecule has 0 fully saturated rings. The second kappa shape index (κ2) is 10.8. The Bertz CT molecular complexity index is 337. The Labute approximate surface area is 125 Å². The molecule has 0 aliphatic heterocycles. The van der Waals surface area contributed by atoms with Crippen molar-refractivity contribution in [2.45, 2.75) is 90.9 Å². The van der Waals surface area contributed by atoms with Crippen molar-refractivity contribution in [3.05, 3.63) is 23.8 Å². The molecule has 0 aliphatic carbocycles. The van der Waals surface area contributed by atoms with Crippen LogP contribution in [0.3, 0.4) is 0 Å². The van der Waals surface area contributed by atoms with Crippen molar-refractivity contribution < 1.29 is 0 Å². The van der Waals surface area contributed by atoms with Gasteiger partial charge in [0.15, 0.2) is 0 Å². The minimum atomic E-state index is 0.621. The lowest BCUT2D eigenvalue weighted by atomic mass is 9.92. The lowest BCUT2D eigenvalue weighted by molar-refractivity contribution is 0.487. The van der Waals surface area contributed by atoms with Crippen molar-refractivity contribution in [2.24, 2.45) is 0 Å². The average molecular weight is 276 g/mol. The molecule has 0 amide bonds. The molecule has 1 aromatic heterocycles. The zero-order valence-electron chi connectivity index (χ0n) is 13.7. The van der Waals surface area contributed by atoms with E-state index in [1.165, 1.54) is 69.9 Å². The van der Waals surface area contributed by atoms with Crippen LogP contribution in [0, 0.1) is 6.92 Å². The minimum absolute atomic E-state index is 0.621. The van der Waals surface area contributed by atoms with E-state index in [9.17, 15) is 0 Å². The van der Waals surface area contributed by atoms with E-state index in [0.717, 1.165) is 5.69 Å². The van der Waals surface area contributed by atoms with Gasteiger partial charge in [-0.3, -0.25) is 9.97 Å². The Kier molecular flexibility index (Phi) is 9.27. The summed E-state index contributed by atoms with van der Waals surface area (Å²) >= 11 is 0. The molecule has 0 spiro atoms. The van der Waals surface area contributed by atoms with E-state index in [2.05, 4.69) is 18.8 Å². The molecule has 0 saturated heterocycles. The maximum absolute atomic E-state index is 4.71. The topological polar surface area (TPSA) is 25.8 Å². The van der Waals surface area contributed by atoms with Crippen LogP contribution in [0.25, 0.3) is 0 Å². The van der Waals surface area contributed by atoms with Crippen LogP contribution < -0.4 is 0 Å². The fraction of sp³-hybridized carbons (Fsp3) is 0.778. The highest BCUT2D eigenvalue weighted by Crippen LogP contribution is 2.27. The molecule has 0 unspecified atom stereocenters. The van der Waals surface area contributed by atoms with Crippen molar-refractivity contribution >= 4 is 0 Å². The average Bonchev–Trinajstić information content (AvgIpc) is 2.45. The predicted octanol–water partition coefficient (Wildman–Crippen LogP) is 5.81. The largest absolute Gasteiger partial charge is 0.261 e. The normalized spacial score (nSPS) is 11.2. The highest BCUT2D eigenvalue weighted by Gasteiger charge is 2.13. The third-order valence-electron chi connectivity index (χ3n) is 4.00. The van der Waals surface area contributed by atoms with Gasteiger partial charge in [-0.15, -0.1) is 0 Å². The third kappa shape index (κ3) is 7.02. The molecular weight excluding hydrogens is 244 g/mol. The Morgan fingerprint density at radius 1 is 0.850 bits per heavy atom. The number of hydrogen-bond acceptors (Lipinski definition) is 2. The number of aryl methyl sites for hydroxylation is 1. The van der Waals surface area contributed by atoms with Gasteiger partial charge in [0.2, 0.25) is 0 Å². The summed E-state index contributed by atoms with van der Waals surface area (Å²) in [4.78, 5) is 9.04. The molecule has 114 valence electrons. The molecule has 1 heterocycles. The molecule has 1 rings (SSSR count). The molecule has 0 bridgehead atoms. The lowest BCUT2D eigenvalue weighted by Crippen LogP contribution is -2.04. The van der Waals surface area contributed by atoms with Gasteiger partial charge >= 0.3 is 0 Å². The Morgan fingerprint density at radius 2 is 1.45 bits per heavy atom. The molecule has 0 atom stereocenters. The van der Waals surface area contributed by atoms with Crippen LogP contribution >= 0.6 is 0 Å². The second-order valence-electron chi connectivity index (χ2n) is 5.98. The van der Waals surface area contributed by atoms with E-state index in [1.54, 1.807) is 0 Å². The van der Waals surface area contributed by atoms with Gasteiger partial charge in [-0.1, -0.05) is 65.2 Å². The van der Waals surface area contributed by atoms with Crippen LogP contribution in [0.2, 0.25) is 0 Å². The summed E-state index contributed by atoms with van der Waals surface area (Å²) < 4.78 is 0. The van der Waals surface area contributed by atoms with Crippen LogP contribution in [0.1, 0.15) is 95.4 Å². The standard InChI is InChI=1S/C18H32N2/c1-4-6-8-10-12-17(13-11-9-7-5-2)18-15-19-14-16(3)20-18/h14-15,17H,4-13H2,1-3H3. The molecule has 0 aliphatic rings. The van der Waals surface area contributed by atoms with Crippen molar-refractivity contribution in [2.75, 3.05) is 0 Å². The molecule has 0 N–H and O–H groups in total. The van der Waals surface area contributed by atoms with Gasteiger partial charge in [0.05, 0.1) is 11.4 Å². The van der Waals surface area contributed by atoms with Gasteiger partial charge in [0, 0.05) is 18.3 Å². The zero-order chi connectivity index (χ0) is 14.6. The van der Waals surface area contributed by atoms with Gasteiger partial charge in [-0.2, -0.15) is 0 Å². The van der Waals surface area contributed by atoms with E-state index in [4.69, 9.17) is 4.98 Å². The summed E-state index contributed by atoms with van der Waals surface area (Å²) in [7, 11) is 0. The first kappa shape index (κ1) is 17.1. The lowest BCUT2D eigenvalue weighted by Gasteiger charge is -2.16. The summed E-state index contributed by atoms with van der Waals surface area (Å²) in [6, 6.07) is 0. The van der Waals surface area contributed by atoms with Crippen molar-refractivity contribution in [1.29, 1.82) is 0 Å². The maximum Gasteiger partial charge on any atom is 0.0620 e. The van der Waals surface area contributed by atoms with Crippen LogP contribution in [0.5, 0.6) is 0 Å². The van der Waals surface area contributed by atoms with Crippen molar-refractivity contribution in [3.8, 4) is 0 Å². The highest BCUT2D eigenvalue weighted by molar-refractivity contribution is 5.07. The molecule has 0 aromatic carbocycles. The summed E-state index contributed by atoms with van der Waals surface area (Å²) in [6.45, 7) is 6.59. The van der Waals surface area contributed by atoms with E-state index < -0.39 is 0 Å². The molecule has 20 heavy (non-hydrogen) atoms. The van der Waals surface area contributed by atoms with E-state index in [1.807, 2.05) is 19.3 Å². The first-order valence-corrected chi connectivity index (χ1v) is 8.56. The summed E-state index contributed by atoms with van der Waals surface area (Å²) in [5.41, 5.74) is 2.27. The Morgan fingerprint density at radius 3 is 1.95 bits per heavy atom. The summed E-state index contributed by atoms with van der Waals surface area (Å²) in [5, 5.41) is 0. The SMILES string of the molecule is CCCCCCC(CCCCCC)c1cncc(C)n1. The van der Waals surface area contributed by atoms with Crippen molar-refractivity contribution in [3.63, 3.8) is 0 Å². The van der Waals surface area contributed by atoms with E-state index in [0.29, 0.717) is 5.92 Å². The number of nitrogens with zero attached hydrogens (tertiary/aromatic N) is 2. The quantitative estimate of drug-likeness (QED) is 0.477. The number of hydrogen-bond donors (Lipinski definition) is 0. The van der Waals surface area contributed by atoms with Gasteiger partial charge in [-0.05, 0) is 19.8 Å². The number of unbranched alkanes of at least 4 members (excludes halogenated alkanes) is 6. The minimum Gasteiger partial charge on any atom is -0.261 e. The third-order valence-corrected chi connectivity index (χ3v) is 4.00. The molecule has 0 saturated carbocycles. The zero-order valence-corrected chi connectivity index (χ0v) is 13.7. The Hall–Kier alpha value is -0.920. The van der Waals surface area contributed by atoms with E-state index >= 15 is 0 Å². The molecular formula is C18H32N2. The number of aromatic nitrogens is 2. The Balaban J connectivity index is 2.49. The monoisotopic (exact) mass is 276 g/mol. The molecule has 2 nitrogen and oxygen atoms in total. The van der Waals surface area contributed by atoms with Gasteiger partial charge in [0.25, 0.3) is 0 Å². The number of rotatable bonds is 11. The van der Waals surface area contributed by atoms with Crippen LogP contribution in [0.15, 0.2) is 12.4 Å². The molecule has 1 aromatic rings. The maximum atomic E-state index is 4.71. The summed E-state index contributed by atoms with van der Waals surface area (Å²) in [6.07, 6.45) is 17.1. The molecule has 2 heteroatoms. The molecule has 0 radical (unpaired) electrons. The first-order chi connectivity index (χ1) is 9.77. The van der Waals surface area contributed by atoms with Gasteiger partial charge in [0.1, 0.15) is 0 Å². The van der Waals surface area contributed by atoms with Crippen LogP contribution in [0.4, 0.5) is 0 Å². The van der Waals surface area contributed by atoms with Crippen molar-refractivity contribution in [1.82, 2.24) is 9.97 Å². The summed E-state index contributed by atoms with van der Waals surface area (Å²) in [5.74, 6) is 0.621. The fourth-order valence-corrected chi connectivity index (χ4v) is 2.75. The first-order valence-electron chi connectivity index (χ1n) is 8.56. The van der Waals surface area contributed by atoms with Crippen LogP contribution in [-0.4, -0.2) is 9.97 Å².